The summed E-state index contributed by atoms with van der Waals surface area (Å²) in [6.45, 7) is 4.34. The highest BCUT2D eigenvalue weighted by Crippen LogP contribution is 2.18. The van der Waals surface area contributed by atoms with Gasteiger partial charge in [0.15, 0.2) is 0 Å². The van der Waals surface area contributed by atoms with Crippen LogP contribution in [0.3, 0.4) is 0 Å². The van der Waals surface area contributed by atoms with Crippen LogP contribution >= 0.6 is 11.3 Å². The first kappa shape index (κ1) is 14.9. The normalized spacial score (nSPS) is 11.6. The van der Waals surface area contributed by atoms with E-state index in [1.165, 1.54) is 10.4 Å². The quantitative estimate of drug-likeness (QED) is 0.229. The summed E-state index contributed by atoms with van der Waals surface area (Å²) in [5.74, 6) is 6.05. The second-order valence-corrected chi connectivity index (χ2v) is 4.81. The van der Waals surface area contributed by atoms with Crippen molar-refractivity contribution in [3.63, 3.8) is 0 Å². The highest BCUT2D eigenvalue weighted by molar-refractivity contribution is 7.10. The Morgan fingerprint density at radius 2 is 2.39 bits per heavy atom. The molecule has 1 aromatic rings. The van der Waals surface area contributed by atoms with Gasteiger partial charge in [0, 0.05) is 25.1 Å². The van der Waals surface area contributed by atoms with E-state index in [0.717, 1.165) is 26.0 Å². The number of hydrogen-bond acceptors (Lipinski definition) is 4. The Kier molecular flexibility index (Phi) is 7.40. The lowest BCUT2D eigenvalue weighted by molar-refractivity contribution is 0.195. The number of methoxy groups -OCH3 is 1. The first-order chi connectivity index (χ1) is 8.81. The highest BCUT2D eigenvalue weighted by Gasteiger charge is 2.02. The summed E-state index contributed by atoms with van der Waals surface area (Å²) in [6.07, 6.45) is 1.97. The van der Waals surface area contributed by atoms with Gasteiger partial charge in [-0.15, -0.1) is 11.3 Å². The number of nitrogens with one attached hydrogen (secondary N) is 2. The summed E-state index contributed by atoms with van der Waals surface area (Å²) >= 11 is 1.74. The molecule has 1 rings (SSSR count). The standard InChI is InChI=1S/C12H22N4OS/c1-3-10-5-8-18-11(10)9-15-12(16-13)14-6-4-7-17-2/h5,8H,3-4,6-7,9,13H2,1-2H3,(H2,14,15,16). The third-order valence-corrected chi connectivity index (χ3v) is 3.50. The van der Waals surface area contributed by atoms with Crippen molar-refractivity contribution in [2.75, 3.05) is 20.3 Å². The summed E-state index contributed by atoms with van der Waals surface area (Å²) in [5.41, 5.74) is 3.94. The topological polar surface area (TPSA) is 71.7 Å². The van der Waals surface area contributed by atoms with Crippen molar-refractivity contribution in [1.82, 2.24) is 10.7 Å². The molecule has 0 aromatic carbocycles. The fraction of sp³-hybridized carbons (Fsp3) is 0.583. The van der Waals surface area contributed by atoms with Crippen LogP contribution in [-0.4, -0.2) is 26.2 Å². The van der Waals surface area contributed by atoms with E-state index in [1.807, 2.05) is 0 Å². The minimum absolute atomic E-state index is 0.626. The molecule has 6 heteroatoms. The van der Waals surface area contributed by atoms with Crippen LogP contribution in [0.4, 0.5) is 0 Å². The van der Waals surface area contributed by atoms with E-state index in [9.17, 15) is 0 Å². The largest absolute Gasteiger partial charge is 0.385 e. The second kappa shape index (κ2) is 8.91. The van der Waals surface area contributed by atoms with Crippen LogP contribution in [0.2, 0.25) is 0 Å². The number of thiophene rings is 1. The lowest BCUT2D eigenvalue weighted by atomic mass is 10.2. The minimum Gasteiger partial charge on any atom is -0.385 e. The van der Waals surface area contributed by atoms with Gasteiger partial charge in [-0.1, -0.05) is 6.92 Å². The average Bonchev–Trinajstić information content (AvgIpc) is 2.85. The zero-order valence-corrected chi connectivity index (χ0v) is 11.8. The van der Waals surface area contributed by atoms with Gasteiger partial charge in [0.1, 0.15) is 0 Å². The molecule has 1 aromatic heterocycles. The third kappa shape index (κ3) is 5.03. The Balaban J connectivity index is 2.42. The second-order valence-electron chi connectivity index (χ2n) is 3.80. The monoisotopic (exact) mass is 270 g/mol. The Morgan fingerprint density at radius 1 is 1.56 bits per heavy atom. The maximum atomic E-state index is 5.43. The highest BCUT2D eigenvalue weighted by atomic mass is 32.1. The van der Waals surface area contributed by atoms with Crippen LogP contribution < -0.4 is 16.6 Å². The van der Waals surface area contributed by atoms with Gasteiger partial charge in [0.05, 0.1) is 6.54 Å². The van der Waals surface area contributed by atoms with Crippen LogP contribution in [0.1, 0.15) is 23.8 Å². The fourth-order valence-electron chi connectivity index (χ4n) is 1.55. The van der Waals surface area contributed by atoms with Crippen LogP contribution in [0.15, 0.2) is 16.4 Å². The van der Waals surface area contributed by atoms with Gasteiger partial charge >= 0.3 is 0 Å². The van der Waals surface area contributed by atoms with Crippen molar-refractivity contribution in [2.24, 2.45) is 10.8 Å². The molecule has 0 aliphatic carbocycles. The molecular formula is C12H22N4OS. The first-order valence-corrected chi connectivity index (χ1v) is 6.98. The molecule has 0 unspecified atom stereocenters. The molecule has 0 fully saturated rings. The summed E-state index contributed by atoms with van der Waals surface area (Å²) in [7, 11) is 1.69. The number of hydrazine groups is 1. The molecule has 0 amide bonds. The number of nitrogens with zero attached hydrogens (tertiary/aromatic N) is 1. The van der Waals surface area contributed by atoms with E-state index in [-0.39, 0.29) is 0 Å². The van der Waals surface area contributed by atoms with E-state index >= 15 is 0 Å². The third-order valence-electron chi connectivity index (χ3n) is 2.55. The number of hydrogen-bond donors (Lipinski definition) is 3. The molecule has 0 saturated heterocycles. The maximum Gasteiger partial charge on any atom is 0.206 e. The predicted octanol–water partition coefficient (Wildman–Crippen LogP) is 1.26. The molecule has 0 saturated carbocycles. The lowest BCUT2D eigenvalue weighted by Gasteiger charge is -2.08. The average molecular weight is 270 g/mol. The SMILES string of the molecule is CCc1ccsc1CN=C(NN)NCCCOC. The van der Waals surface area contributed by atoms with Crippen LogP contribution in [-0.2, 0) is 17.7 Å². The summed E-state index contributed by atoms with van der Waals surface area (Å²) in [6, 6.07) is 2.15. The molecule has 18 heavy (non-hydrogen) atoms. The number of aliphatic imine (C=N–C) groups is 1. The number of rotatable bonds is 7. The lowest BCUT2D eigenvalue weighted by Crippen LogP contribution is -2.42. The van der Waals surface area contributed by atoms with Crippen molar-refractivity contribution >= 4 is 17.3 Å². The van der Waals surface area contributed by atoms with Gasteiger partial charge in [-0.05, 0) is 29.9 Å². The molecule has 102 valence electrons. The summed E-state index contributed by atoms with van der Waals surface area (Å²) in [5, 5.41) is 5.25. The van der Waals surface area contributed by atoms with Crippen molar-refractivity contribution in [1.29, 1.82) is 0 Å². The number of guanidine groups is 1. The first-order valence-electron chi connectivity index (χ1n) is 6.11. The number of nitrogens with two attached hydrogens (primary N) is 1. The van der Waals surface area contributed by atoms with E-state index in [4.69, 9.17) is 10.6 Å². The number of ether oxygens (including phenoxy) is 1. The Hall–Kier alpha value is -1.11. The van der Waals surface area contributed by atoms with E-state index in [0.29, 0.717) is 12.5 Å². The molecule has 0 aliphatic heterocycles. The Morgan fingerprint density at radius 3 is 3.06 bits per heavy atom. The molecule has 4 N–H and O–H groups in total. The molecule has 0 atom stereocenters. The Labute approximate surface area is 112 Å². The van der Waals surface area contributed by atoms with E-state index in [2.05, 4.69) is 34.1 Å². The molecule has 0 bridgehead atoms. The summed E-state index contributed by atoms with van der Waals surface area (Å²) < 4.78 is 4.98. The smallest absolute Gasteiger partial charge is 0.206 e. The Bertz CT molecular complexity index is 365. The van der Waals surface area contributed by atoms with Gasteiger partial charge in [0.2, 0.25) is 5.96 Å². The molecular weight excluding hydrogens is 248 g/mol. The van der Waals surface area contributed by atoms with Crippen LogP contribution in [0, 0.1) is 0 Å². The van der Waals surface area contributed by atoms with Crippen LogP contribution in [0.25, 0.3) is 0 Å². The molecule has 0 spiro atoms. The molecule has 5 nitrogen and oxygen atoms in total. The van der Waals surface area contributed by atoms with Crippen molar-refractivity contribution < 1.29 is 4.74 Å². The van der Waals surface area contributed by atoms with Gasteiger partial charge in [-0.2, -0.15) is 0 Å². The zero-order valence-electron chi connectivity index (χ0n) is 11.0. The molecule has 0 radical (unpaired) electrons. The van der Waals surface area contributed by atoms with E-state index < -0.39 is 0 Å². The molecule has 0 aliphatic rings. The van der Waals surface area contributed by atoms with Crippen LogP contribution in [0.5, 0.6) is 0 Å². The van der Waals surface area contributed by atoms with Gasteiger partial charge in [-0.3, -0.25) is 5.43 Å². The molecule has 1 heterocycles. The zero-order chi connectivity index (χ0) is 13.2. The van der Waals surface area contributed by atoms with Gasteiger partial charge in [0.25, 0.3) is 0 Å². The minimum atomic E-state index is 0.626. The summed E-state index contributed by atoms with van der Waals surface area (Å²) in [4.78, 5) is 5.73. The van der Waals surface area contributed by atoms with Crippen molar-refractivity contribution in [3.8, 4) is 0 Å². The van der Waals surface area contributed by atoms with Gasteiger partial charge < -0.3 is 10.1 Å². The maximum absolute atomic E-state index is 5.43. The van der Waals surface area contributed by atoms with Crippen molar-refractivity contribution in [3.05, 3.63) is 21.9 Å². The predicted molar refractivity (Wildman–Crippen MR) is 76.7 cm³/mol. The fourth-order valence-corrected chi connectivity index (χ4v) is 2.45. The van der Waals surface area contributed by atoms with Crippen molar-refractivity contribution in [2.45, 2.75) is 26.3 Å². The number of aryl methyl sites for hydroxylation is 1. The van der Waals surface area contributed by atoms with E-state index in [1.54, 1.807) is 18.4 Å². The van der Waals surface area contributed by atoms with Gasteiger partial charge in [-0.25, -0.2) is 10.8 Å².